The van der Waals surface area contributed by atoms with Crippen LogP contribution >= 0.6 is 11.3 Å². The van der Waals surface area contributed by atoms with Crippen molar-refractivity contribution in [3.63, 3.8) is 0 Å². The molecule has 0 unspecified atom stereocenters. The molecule has 22 heavy (non-hydrogen) atoms. The number of carbonyl (C=O) groups is 1. The lowest BCUT2D eigenvalue weighted by Crippen LogP contribution is -2.37. The summed E-state index contributed by atoms with van der Waals surface area (Å²) >= 11 is 1.22. The highest BCUT2D eigenvalue weighted by molar-refractivity contribution is 7.91. The minimum atomic E-state index is -3.44. The van der Waals surface area contributed by atoms with Crippen molar-refractivity contribution in [1.82, 2.24) is 14.2 Å². The van der Waals surface area contributed by atoms with Gasteiger partial charge in [0.2, 0.25) is 0 Å². The number of H-pyrrole nitrogens is 1. The monoisotopic (exact) mass is 339 g/mol. The molecule has 3 rings (SSSR count). The first-order chi connectivity index (χ1) is 10.6. The Morgan fingerprint density at radius 2 is 2.05 bits per heavy atom. The maximum Gasteiger partial charge on any atom is 0.255 e. The molecular weight excluding hydrogens is 322 g/mol. The van der Waals surface area contributed by atoms with Crippen LogP contribution in [0.25, 0.3) is 0 Å². The van der Waals surface area contributed by atoms with Crippen LogP contribution in [0.2, 0.25) is 0 Å². The minimum Gasteiger partial charge on any atom is -0.367 e. The normalized spacial score (nSPS) is 17.4. The Balaban J connectivity index is 1.72. The number of rotatable bonds is 3. The molecule has 1 fully saturated rings. The van der Waals surface area contributed by atoms with E-state index in [1.165, 1.54) is 15.6 Å². The van der Waals surface area contributed by atoms with Crippen molar-refractivity contribution >= 4 is 27.3 Å². The van der Waals surface area contributed by atoms with E-state index in [-0.39, 0.29) is 5.91 Å². The van der Waals surface area contributed by atoms with Crippen LogP contribution in [-0.4, -0.2) is 54.7 Å². The van der Waals surface area contributed by atoms with Gasteiger partial charge in [0.1, 0.15) is 4.21 Å². The summed E-state index contributed by atoms with van der Waals surface area (Å²) in [4.78, 5) is 16.9. The summed E-state index contributed by atoms with van der Waals surface area (Å²) in [6, 6.07) is 5.08. The van der Waals surface area contributed by atoms with Crippen molar-refractivity contribution in [2.75, 3.05) is 26.2 Å². The molecule has 1 N–H and O–H groups in total. The molecule has 1 amide bonds. The third-order valence-corrected chi connectivity index (χ3v) is 6.95. The standard InChI is InChI=1S/C14H17N3O3S2/c18-14(12-4-5-15-11-12)16-6-2-7-17(9-8-16)22(19,20)13-3-1-10-21-13/h1,3-5,10-11,15H,2,6-9H2. The second-order valence-corrected chi connectivity index (χ2v) is 8.19. The molecule has 1 aliphatic rings. The number of carbonyl (C=O) groups excluding carboxylic acids is 1. The van der Waals surface area contributed by atoms with Gasteiger partial charge in [-0.15, -0.1) is 11.3 Å². The maximum absolute atomic E-state index is 12.5. The number of hydrogen-bond donors (Lipinski definition) is 1. The fourth-order valence-electron chi connectivity index (χ4n) is 2.51. The van der Waals surface area contributed by atoms with Crippen LogP contribution in [0, 0.1) is 0 Å². The predicted molar refractivity (Wildman–Crippen MR) is 84.4 cm³/mol. The third kappa shape index (κ3) is 2.94. The molecule has 0 saturated carbocycles. The number of nitrogens with one attached hydrogen (secondary N) is 1. The highest BCUT2D eigenvalue weighted by atomic mass is 32.2. The van der Waals surface area contributed by atoms with Gasteiger partial charge < -0.3 is 9.88 Å². The number of aromatic nitrogens is 1. The summed E-state index contributed by atoms with van der Waals surface area (Å²) in [6.45, 7) is 1.75. The highest BCUT2D eigenvalue weighted by Gasteiger charge is 2.29. The second-order valence-electron chi connectivity index (χ2n) is 5.08. The van der Waals surface area contributed by atoms with Gasteiger partial charge in [0.05, 0.1) is 5.56 Å². The summed E-state index contributed by atoms with van der Waals surface area (Å²) in [5.74, 6) is -0.0587. The number of nitrogens with zero attached hydrogens (tertiary/aromatic N) is 2. The molecule has 118 valence electrons. The van der Waals surface area contributed by atoms with E-state index in [9.17, 15) is 13.2 Å². The quantitative estimate of drug-likeness (QED) is 0.923. The molecule has 0 aliphatic carbocycles. The average Bonchev–Trinajstić information content (AvgIpc) is 3.16. The smallest absolute Gasteiger partial charge is 0.255 e. The van der Waals surface area contributed by atoms with Gasteiger partial charge in [-0.3, -0.25) is 4.79 Å². The SMILES string of the molecule is O=C(c1cc[nH]c1)N1CCCN(S(=O)(=O)c2cccs2)CC1. The Labute approximate surface area is 133 Å². The van der Waals surface area contributed by atoms with Gasteiger partial charge in [0.15, 0.2) is 0 Å². The van der Waals surface area contributed by atoms with Gasteiger partial charge in [-0.2, -0.15) is 4.31 Å². The molecule has 1 saturated heterocycles. The van der Waals surface area contributed by atoms with E-state index in [4.69, 9.17) is 0 Å². The van der Waals surface area contributed by atoms with Crippen LogP contribution in [0.1, 0.15) is 16.8 Å². The Morgan fingerprint density at radius 1 is 1.18 bits per heavy atom. The Hall–Kier alpha value is -1.64. The molecule has 8 heteroatoms. The lowest BCUT2D eigenvalue weighted by molar-refractivity contribution is 0.0764. The zero-order valence-corrected chi connectivity index (χ0v) is 13.6. The van der Waals surface area contributed by atoms with Crippen molar-refractivity contribution in [2.45, 2.75) is 10.6 Å². The first-order valence-electron chi connectivity index (χ1n) is 7.05. The zero-order valence-electron chi connectivity index (χ0n) is 11.9. The molecule has 2 aromatic rings. The minimum absolute atomic E-state index is 0.0587. The van der Waals surface area contributed by atoms with E-state index >= 15 is 0 Å². The fraction of sp³-hybridized carbons (Fsp3) is 0.357. The second kappa shape index (κ2) is 6.23. The van der Waals surface area contributed by atoms with Crippen LogP contribution in [0.3, 0.4) is 0 Å². The van der Waals surface area contributed by atoms with E-state index in [1.54, 1.807) is 40.9 Å². The largest absolute Gasteiger partial charge is 0.367 e. The lowest BCUT2D eigenvalue weighted by Gasteiger charge is -2.21. The van der Waals surface area contributed by atoms with Gasteiger partial charge in [-0.1, -0.05) is 6.07 Å². The Bertz CT molecular complexity index is 723. The van der Waals surface area contributed by atoms with Gasteiger partial charge in [-0.05, 0) is 23.9 Å². The third-order valence-electron chi connectivity index (χ3n) is 3.68. The number of aromatic amines is 1. The molecule has 0 aromatic carbocycles. The van der Waals surface area contributed by atoms with Crippen molar-refractivity contribution in [3.05, 3.63) is 41.5 Å². The number of thiophene rings is 1. The first-order valence-corrected chi connectivity index (χ1v) is 9.37. The van der Waals surface area contributed by atoms with Gasteiger partial charge >= 0.3 is 0 Å². The summed E-state index contributed by atoms with van der Waals surface area (Å²) < 4.78 is 26.9. The molecule has 0 bridgehead atoms. The van der Waals surface area contributed by atoms with Gasteiger partial charge in [0.25, 0.3) is 15.9 Å². The fourth-order valence-corrected chi connectivity index (χ4v) is 5.13. The van der Waals surface area contributed by atoms with Crippen molar-refractivity contribution in [3.8, 4) is 0 Å². The van der Waals surface area contributed by atoms with Crippen LogP contribution in [0.5, 0.6) is 0 Å². The predicted octanol–water partition coefficient (Wildman–Crippen LogP) is 1.61. The summed E-state index contributed by atoms with van der Waals surface area (Å²) in [5, 5.41) is 1.76. The van der Waals surface area contributed by atoms with E-state index in [0.29, 0.717) is 42.4 Å². The topological polar surface area (TPSA) is 73.5 Å². The Kier molecular flexibility index (Phi) is 4.32. The summed E-state index contributed by atoms with van der Waals surface area (Å²) in [7, 11) is -3.44. The summed E-state index contributed by atoms with van der Waals surface area (Å²) in [6.07, 6.45) is 4.01. The van der Waals surface area contributed by atoms with Crippen molar-refractivity contribution in [2.24, 2.45) is 0 Å². The molecule has 6 nitrogen and oxygen atoms in total. The average molecular weight is 339 g/mol. The maximum atomic E-state index is 12.5. The van der Waals surface area contributed by atoms with E-state index in [0.717, 1.165) is 0 Å². The Morgan fingerprint density at radius 3 is 2.73 bits per heavy atom. The lowest BCUT2D eigenvalue weighted by atomic mass is 10.3. The molecule has 0 radical (unpaired) electrons. The van der Waals surface area contributed by atoms with Crippen molar-refractivity contribution in [1.29, 1.82) is 0 Å². The van der Waals surface area contributed by atoms with Crippen LogP contribution in [0.4, 0.5) is 0 Å². The molecular formula is C14H17N3O3S2. The molecule has 0 atom stereocenters. The van der Waals surface area contributed by atoms with E-state index in [2.05, 4.69) is 4.98 Å². The zero-order chi connectivity index (χ0) is 15.6. The van der Waals surface area contributed by atoms with E-state index in [1.807, 2.05) is 0 Å². The highest BCUT2D eigenvalue weighted by Crippen LogP contribution is 2.22. The van der Waals surface area contributed by atoms with Crippen molar-refractivity contribution < 1.29 is 13.2 Å². The first kappa shape index (κ1) is 15.3. The number of hydrogen-bond acceptors (Lipinski definition) is 4. The summed E-state index contributed by atoms with van der Waals surface area (Å²) in [5.41, 5.74) is 0.606. The van der Waals surface area contributed by atoms with Gasteiger partial charge in [0, 0.05) is 38.6 Å². The van der Waals surface area contributed by atoms with Crippen LogP contribution < -0.4 is 0 Å². The molecule has 2 aromatic heterocycles. The van der Waals surface area contributed by atoms with E-state index < -0.39 is 10.0 Å². The molecule has 0 spiro atoms. The molecule has 1 aliphatic heterocycles. The molecule has 3 heterocycles. The van der Waals surface area contributed by atoms with Gasteiger partial charge in [-0.25, -0.2) is 8.42 Å². The van der Waals surface area contributed by atoms with Crippen LogP contribution in [0.15, 0.2) is 40.2 Å². The number of sulfonamides is 1. The number of amides is 1. The van der Waals surface area contributed by atoms with Crippen LogP contribution in [-0.2, 0) is 10.0 Å².